The van der Waals surface area contributed by atoms with E-state index in [4.69, 9.17) is 15.2 Å². The topological polar surface area (TPSA) is 128 Å². The minimum Gasteiger partial charge on any atom is -0.383 e. The molecule has 3 N–H and O–H groups in total. The number of benzene rings is 1. The van der Waals surface area contributed by atoms with Crippen molar-refractivity contribution in [3.63, 3.8) is 0 Å². The van der Waals surface area contributed by atoms with Gasteiger partial charge in [-0.05, 0) is 24.6 Å². The molecule has 9 nitrogen and oxygen atoms in total. The van der Waals surface area contributed by atoms with Crippen molar-refractivity contribution in [1.82, 2.24) is 4.90 Å². The molecule has 1 fully saturated rings. The van der Waals surface area contributed by atoms with E-state index in [0.717, 1.165) is 4.90 Å². The molecule has 0 radical (unpaired) electrons. The van der Waals surface area contributed by atoms with Crippen LogP contribution in [0.1, 0.15) is 40.0 Å². The quantitative estimate of drug-likeness (QED) is 0.326. The second kappa shape index (κ2) is 9.73. The molecule has 0 bridgehead atoms. The smallest absolute Gasteiger partial charge is 0.262 e. The zero-order valence-corrected chi connectivity index (χ0v) is 16.1. The lowest BCUT2D eigenvalue weighted by Crippen LogP contribution is -2.47. The van der Waals surface area contributed by atoms with Gasteiger partial charge in [-0.1, -0.05) is 0 Å². The highest BCUT2D eigenvalue weighted by atomic mass is 16.5. The second-order valence-electron chi connectivity index (χ2n) is 6.92. The monoisotopic (exact) mass is 403 g/mol. The molecular formula is C20H25N3O6. The van der Waals surface area contributed by atoms with E-state index in [0.29, 0.717) is 45.2 Å². The summed E-state index contributed by atoms with van der Waals surface area (Å²) in [6.45, 7) is 2.89. The first-order chi connectivity index (χ1) is 14.0. The highest BCUT2D eigenvalue weighted by Gasteiger charge is 2.44. The van der Waals surface area contributed by atoms with Gasteiger partial charge in [0.25, 0.3) is 11.8 Å². The van der Waals surface area contributed by atoms with Gasteiger partial charge in [-0.3, -0.25) is 24.1 Å². The maximum Gasteiger partial charge on any atom is 0.262 e. The summed E-state index contributed by atoms with van der Waals surface area (Å²) in [6.07, 6.45) is 0.177. The number of hydrogen-bond acceptors (Lipinski definition) is 8. The van der Waals surface area contributed by atoms with Crippen LogP contribution in [0.15, 0.2) is 18.2 Å². The number of imide groups is 1. The maximum absolute atomic E-state index is 12.8. The number of nitrogens with zero attached hydrogens (tertiary/aromatic N) is 1. The predicted octanol–water partition coefficient (Wildman–Crippen LogP) is 0.377. The molecule has 1 heterocycles. The molecule has 1 aromatic rings. The summed E-state index contributed by atoms with van der Waals surface area (Å²) in [6, 6.07) is 4.05. The van der Waals surface area contributed by atoms with Gasteiger partial charge in [0.05, 0.1) is 50.0 Å². The van der Waals surface area contributed by atoms with Crippen molar-refractivity contribution in [3.8, 4) is 0 Å². The highest BCUT2D eigenvalue weighted by molar-refractivity contribution is 6.24. The number of Topliss-reactive ketones (excluding diaryl/α,β-unsaturated/α-hetero) is 2. The molecule has 1 aliphatic carbocycles. The Morgan fingerprint density at radius 3 is 2.45 bits per heavy atom. The molecule has 1 atom stereocenters. The number of anilines is 1. The van der Waals surface area contributed by atoms with Crippen molar-refractivity contribution >= 4 is 29.1 Å². The Kier molecular flexibility index (Phi) is 7.08. The van der Waals surface area contributed by atoms with E-state index in [-0.39, 0.29) is 42.0 Å². The largest absolute Gasteiger partial charge is 0.383 e. The molecule has 1 aromatic carbocycles. The van der Waals surface area contributed by atoms with Gasteiger partial charge in [-0.15, -0.1) is 0 Å². The third kappa shape index (κ3) is 4.87. The number of hydrogen-bond donors (Lipinski definition) is 2. The molecule has 2 amide bonds. The molecule has 0 saturated heterocycles. The van der Waals surface area contributed by atoms with Crippen LogP contribution in [0.4, 0.5) is 5.69 Å². The average Bonchev–Trinajstić information content (AvgIpc) is 2.94. The second-order valence-corrected chi connectivity index (χ2v) is 6.92. The SMILES string of the molecule is NCCOCCOCCNc1ccc2c(c1)C(=O)N(C1CCC(=O)CC1=O)C2=O. The lowest BCUT2D eigenvalue weighted by molar-refractivity contribution is -0.132. The molecule has 1 aliphatic heterocycles. The minimum absolute atomic E-state index is 0.150. The van der Waals surface area contributed by atoms with Crippen molar-refractivity contribution < 1.29 is 28.7 Å². The molecule has 2 aliphatic rings. The lowest BCUT2D eigenvalue weighted by atomic mass is 9.92. The van der Waals surface area contributed by atoms with Crippen LogP contribution >= 0.6 is 0 Å². The van der Waals surface area contributed by atoms with Gasteiger partial charge in [-0.2, -0.15) is 0 Å². The van der Waals surface area contributed by atoms with E-state index in [1.54, 1.807) is 18.2 Å². The number of carbonyl (C=O) groups is 4. The van der Waals surface area contributed by atoms with E-state index < -0.39 is 17.9 Å². The summed E-state index contributed by atoms with van der Waals surface area (Å²) in [5, 5.41) is 3.14. The van der Waals surface area contributed by atoms with Crippen molar-refractivity contribution in [1.29, 1.82) is 0 Å². The first-order valence-electron chi connectivity index (χ1n) is 9.68. The normalized spacial score (nSPS) is 19.1. The van der Waals surface area contributed by atoms with Gasteiger partial charge >= 0.3 is 0 Å². The Morgan fingerprint density at radius 2 is 1.72 bits per heavy atom. The van der Waals surface area contributed by atoms with Gasteiger partial charge in [0.2, 0.25) is 0 Å². The summed E-state index contributed by atoms with van der Waals surface area (Å²) >= 11 is 0. The minimum atomic E-state index is -0.855. The molecule has 1 unspecified atom stereocenters. The Bertz CT molecular complexity index is 809. The highest BCUT2D eigenvalue weighted by Crippen LogP contribution is 2.30. The Balaban J connectivity index is 1.55. The van der Waals surface area contributed by atoms with Crippen molar-refractivity contribution in [2.24, 2.45) is 5.73 Å². The summed E-state index contributed by atoms with van der Waals surface area (Å²) in [5.41, 5.74) is 6.54. The zero-order valence-electron chi connectivity index (χ0n) is 16.1. The van der Waals surface area contributed by atoms with Crippen LogP contribution in [0.25, 0.3) is 0 Å². The molecule has 3 rings (SSSR count). The number of rotatable bonds is 10. The average molecular weight is 403 g/mol. The van der Waals surface area contributed by atoms with E-state index >= 15 is 0 Å². The zero-order chi connectivity index (χ0) is 20.8. The van der Waals surface area contributed by atoms with Crippen molar-refractivity contribution in [2.45, 2.75) is 25.3 Å². The van der Waals surface area contributed by atoms with Crippen LogP contribution in [-0.4, -0.2) is 73.8 Å². The molecule has 0 spiro atoms. The number of carbonyl (C=O) groups excluding carboxylic acids is 4. The molecule has 29 heavy (non-hydrogen) atoms. The van der Waals surface area contributed by atoms with Crippen LogP contribution in [0.2, 0.25) is 0 Å². The lowest BCUT2D eigenvalue weighted by Gasteiger charge is -2.27. The van der Waals surface area contributed by atoms with Gasteiger partial charge < -0.3 is 20.5 Å². The van der Waals surface area contributed by atoms with E-state index in [9.17, 15) is 19.2 Å². The number of nitrogens with one attached hydrogen (secondary N) is 1. The summed E-state index contributed by atoms with van der Waals surface area (Å²) < 4.78 is 10.6. The third-order valence-electron chi connectivity index (χ3n) is 4.88. The number of ketones is 2. The van der Waals surface area contributed by atoms with Crippen LogP contribution in [-0.2, 0) is 19.1 Å². The van der Waals surface area contributed by atoms with Crippen LogP contribution in [0.3, 0.4) is 0 Å². The summed E-state index contributed by atoms with van der Waals surface area (Å²) in [7, 11) is 0. The third-order valence-corrected chi connectivity index (χ3v) is 4.88. The van der Waals surface area contributed by atoms with Crippen LogP contribution < -0.4 is 11.1 Å². The van der Waals surface area contributed by atoms with Crippen LogP contribution in [0.5, 0.6) is 0 Å². The molecular weight excluding hydrogens is 378 g/mol. The standard InChI is InChI=1S/C20H25N3O6/c21-5-7-28-9-10-29-8-6-22-13-1-3-15-16(11-13)20(27)23(19(15)26)17-4-2-14(24)12-18(17)25/h1,3,11,17,22H,2,4-10,12,21H2. The Hall–Kier alpha value is -2.62. The first-order valence-corrected chi connectivity index (χ1v) is 9.68. The van der Waals surface area contributed by atoms with Gasteiger partial charge in [0.1, 0.15) is 5.78 Å². The van der Waals surface area contributed by atoms with Crippen molar-refractivity contribution in [2.75, 3.05) is 44.8 Å². The fraction of sp³-hybridized carbons (Fsp3) is 0.500. The summed E-state index contributed by atoms with van der Waals surface area (Å²) in [4.78, 5) is 50.1. The van der Waals surface area contributed by atoms with Gasteiger partial charge in [0.15, 0.2) is 5.78 Å². The fourth-order valence-electron chi connectivity index (χ4n) is 3.46. The van der Waals surface area contributed by atoms with E-state index in [1.807, 2.05) is 0 Å². The fourth-order valence-corrected chi connectivity index (χ4v) is 3.46. The van der Waals surface area contributed by atoms with Crippen LogP contribution in [0, 0.1) is 0 Å². The maximum atomic E-state index is 12.8. The Labute approximate surface area is 168 Å². The van der Waals surface area contributed by atoms with Gasteiger partial charge in [0, 0.05) is 25.2 Å². The van der Waals surface area contributed by atoms with Gasteiger partial charge in [-0.25, -0.2) is 0 Å². The molecule has 9 heteroatoms. The molecule has 1 saturated carbocycles. The van der Waals surface area contributed by atoms with E-state index in [2.05, 4.69) is 5.32 Å². The predicted molar refractivity (Wildman–Crippen MR) is 104 cm³/mol. The number of fused-ring (bicyclic) bond motifs is 1. The number of amides is 2. The Morgan fingerprint density at radius 1 is 1.00 bits per heavy atom. The van der Waals surface area contributed by atoms with E-state index in [1.165, 1.54) is 0 Å². The first kappa shape index (κ1) is 21.1. The summed E-state index contributed by atoms with van der Waals surface area (Å²) in [5.74, 6) is -1.50. The number of ether oxygens (including phenoxy) is 2. The van der Waals surface area contributed by atoms with Crippen molar-refractivity contribution in [3.05, 3.63) is 29.3 Å². The molecule has 156 valence electrons. The number of nitrogens with two attached hydrogens (primary N) is 1. The molecule has 0 aromatic heterocycles.